The van der Waals surface area contributed by atoms with Crippen LogP contribution in [0.15, 0.2) is 66.7 Å². The van der Waals surface area contributed by atoms with Gasteiger partial charge in [0.25, 0.3) is 5.91 Å². The van der Waals surface area contributed by atoms with Crippen molar-refractivity contribution in [2.45, 2.75) is 51.2 Å². The number of hydrogen-bond donors (Lipinski definition) is 4. The fourth-order valence-electron chi connectivity index (χ4n) is 6.39. The van der Waals surface area contributed by atoms with Crippen LogP contribution in [0.2, 0.25) is 0 Å². The molecule has 2 atom stereocenters. The van der Waals surface area contributed by atoms with Crippen LogP contribution in [-0.4, -0.2) is 118 Å². The van der Waals surface area contributed by atoms with E-state index in [0.29, 0.717) is 86.2 Å². The monoisotopic (exact) mass is 772 g/mol. The lowest BCUT2D eigenvalue weighted by atomic mass is 10.0. The number of fused-ring (bicyclic) bond motifs is 18. The van der Waals surface area contributed by atoms with Gasteiger partial charge >= 0.3 is 0 Å². The second-order valence-corrected chi connectivity index (χ2v) is 13.7. The summed E-state index contributed by atoms with van der Waals surface area (Å²) in [7, 11) is 3.00. The molecule has 3 heterocycles. The van der Waals surface area contributed by atoms with Gasteiger partial charge in [0.15, 0.2) is 11.5 Å². The zero-order chi connectivity index (χ0) is 39.9. The molecule has 1 fully saturated rings. The van der Waals surface area contributed by atoms with E-state index in [1.165, 1.54) is 19.1 Å². The Morgan fingerprint density at radius 1 is 0.839 bits per heavy atom. The molecule has 3 aliphatic heterocycles. The average molecular weight is 773 g/mol. The Labute approximate surface area is 327 Å². The number of methoxy groups -OCH3 is 2. The van der Waals surface area contributed by atoms with Crippen molar-refractivity contribution in [2.24, 2.45) is 0 Å². The summed E-state index contributed by atoms with van der Waals surface area (Å²) in [6.45, 7) is 4.32. The first-order valence-corrected chi connectivity index (χ1v) is 18.9. The van der Waals surface area contributed by atoms with Gasteiger partial charge in [-0.15, -0.1) is 0 Å². The van der Waals surface area contributed by atoms with Crippen molar-refractivity contribution in [1.82, 2.24) is 31.1 Å². The molecule has 3 aromatic rings. The summed E-state index contributed by atoms with van der Waals surface area (Å²) in [5.41, 5.74) is 1.99. The predicted octanol–water partition coefficient (Wildman–Crippen LogP) is 2.42. The molecule has 56 heavy (non-hydrogen) atoms. The molecule has 1 saturated heterocycles. The fourth-order valence-corrected chi connectivity index (χ4v) is 6.39. The summed E-state index contributed by atoms with van der Waals surface area (Å²) in [6, 6.07) is 17.6. The fraction of sp³-hybridized carbons (Fsp3) is 0.439. The highest BCUT2D eigenvalue weighted by Gasteiger charge is 2.27. The van der Waals surface area contributed by atoms with Gasteiger partial charge in [-0.1, -0.05) is 30.3 Å². The number of carbonyl (C=O) groups is 5. The van der Waals surface area contributed by atoms with Gasteiger partial charge in [0.1, 0.15) is 23.6 Å². The Hall–Kier alpha value is -5.67. The van der Waals surface area contributed by atoms with Gasteiger partial charge < -0.3 is 45.1 Å². The summed E-state index contributed by atoms with van der Waals surface area (Å²) in [5, 5.41) is 11.4. The minimum atomic E-state index is -0.983. The Morgan fingerprint density at radius 3 is 2.36 bits per heavy atom. The lowest BCUT2D eigenvalue weighted by Crippen LogP contribution is -2.54. The lowest BCUT2D eigenvalue weighted by molar-refractivity contribution is -0.138. The molecule has 5 amide bonds. The number of rotatable bonds is 7. The summed E-state index contributed by atoms with van der Waals surface area (Å²) in [5.74, 6) is -0.435. The maximum atomic E-state index is 13.7. The molecule has 4 N–H and O–H groups in total. The van der Waals surface area contributed by atoms with Crippen molar-refractivity contribution in [3.8, 4) is 23.0 Å². The molecular weight excluding hydrogens is 720 g/mol. The van der Waals surface area contributed by atoms with E-state index in [0.717, 1.165) is 5.56 Å². The minimum absolute atomic E-state index is 0.0873. The number of nitrogens with zero attached hydrogens (tertiary/aromatic N) is 2. The van der Waals surface area contributed by atoms with E-state index >= 15 is 0 Å². The molecule has 4 bridgehead atoms. The van der Waals surface area contributed by atoms with E-state index in [9.17, 15) is 24.0 Å². The van der Waals surface area contributed by atoms with Crippen LogP contribution in [0, 0.1) is 0 Å². The predicted molar refractivity (Wildman–Crippen MR) is 208 cm³/mol. The Morgan fingerprint density at radius 2 is 1.61 bits per heavy atom. The molecule has 0 aromatic heterocycles. The van der Waals surface area contributed by atoms with Crippen molar-refractivity contribution in [3.05, 3.63) is 83.4 Å². The zero-order valence-corrected chi connectivity index (χ0v) is 32.3. The van der Waals surface area contributed by atoms with E-state index in [-0.39, 0.29) is 44.4 Å². The maximum absolute atomic E-state index is 13.7. The van der Waals surface area contributed by atoms with E-state index in [1.807, 2.05) is 35.2 Å². The van der Waals surface area contributed by atoms with Gasteiger partial charge in [-0.25, -0.2) is 0 Å². The van der Waals surface area contributed by atoms with E-state index in [4.69, 9.17) is 18.9 Å². The normalized spacial score (nSPS) is 19.6. The van der Waals surface area contributed by atoms with Gasteiger partial charge in [-0.3, -0.25) is 28.9 Å². The van der Waals surface area contributed by atoms with Crippen LogP contribution >= 0.6 is 0 Å². The van der Waals surface area contributed by atoms with Crippen LogP contribution in [0.3, 0.4) is 0 Å². The number of morpholine rings is 1. The molecule has 0 spiro atoms. The Balaban J connectivity index is 1.38. The summed E-state index contributed by atoms with van der Waals surface area (Å²) >= 11 is 0. The molecule has 6 rings (SSSR count). The van der Waals surface area contributed by atoms with E-state index < -0.39 is 29.8 Å². The second kappa shape index (κ2) is 20.9. The van der Waals surface area contributed by atoms with E-state index in [1.54, 1.807) is 43.3 Å². The number of nitrogens with one attached hydrogen (secondary N) is 4. The number of benzene rings is 3. The second-order valence-electron chi connectivity index (χ2n) is 13.7. The van der Waals surface area contributed by atoms with Crippen LogP contribution in [-0.2, 0) is 36.9 Å². The first-order valence-electron chi connectivity index (χ1n) is 18.9. The van der Waals surface area contributed by atoms with Crippen LogP contribution in [0.25, 0.3) is 0 Å². The highest BCUT2D eigenvalue weighted by atomic mass is 16.5. The third-order valence-electron chi connectivity index (χ3n) is 9.62. The Kier molecular flexibility index (Phi) is 15.5. The number of amides is 5. The molecule has 15 heteroatoms. The van der Waals surface area contributed by atoms with Gasteiger partial charge in [-0.05, 0) is 68.5 Å². The van der Waals surface area contributed by atoms with Gasteiger partial charge in [0.2, 0.25) is 23.6 Å². The van der Waals surface area contributed by atoms with Crippen molar-refractivity contribution in [1.29, 1.82) is 0 Å². The standard InChI is InChI=1S/C41H52N6O9/c1-28-39(50)43-25-31-12-14-32(24-35(31)54-3)56-36-23-30(13-16-34(36)53-2)40(51)42-17-7-8-18-47(38(49)27-46-19-21-55-22-20-46)26-37(48)45-33(41(52)44-28)15-11-29-9-5-4-6-10-29/h4-6,9-10,12-14,16,23-24,28,33H,7-8,11,15,17-22,25-27H2,1-3H3,(H,42,51)(H,43,50)(H,44,52)(H,45,48)/t28-,33-/m0/s1. The number of ether oxygens (including phenoxy) is 4. The van der Waals surface area contributed by atoms with E-state index in [2.05, 4.69) is 21.3 Å². The molecule has 300 valence electrons. The molecule has 3 aromatic carbocycles. The SMILES string of the molecule is COc1cc2ccc1CNC(=O)[C@H](C)NC(=O)[C@H](CCc1ccccc1)NC(=O)CN(C(=O)CN1CCOCC1)CCCCNC(=O)c1ccc(OC)c(c1)O2. The van der Waals surface area contributed by atoms with Gasteiger partial charge in [-0.2, -0.15) is 0 Å². The van der Waals surface area contributed by atoms with Crippen molar-refractivity contribution in [3.63, 3.8) is 0 Å². The molecule has 3 aliphatic rings. The topological polar surface area (TPSA) is 177 Å². The van der Waals surface area contributed by atoms with Gasteiger partial charge in [0.05, 0.1) is 40.5 Å². The van der Waals surface area contributed by atoms with Crippen LogP contribution in [0.4, 0.5) is 0 Å². The molecule has 15 nitrogen and oxygen atoms in total. The van der Waals surface area contributed by atoms with Crippen LogP contribution < -0.4 is 35.5 Å². The highest BCUT2D eigenvalue weighted by Crippen LogP contribution is 2.35. The first kappa shape index (κ1) is 41.5. The third-order valence-corrected chi connectivity index (χ3v) is 9.62. The largest absolute Gasteiger partial charge is 0.496 e. The smallest absolute Gasteiger partial charge is 0.251 e. The number of hydrogen-bond acceptors (Lipinski definition) is 10. The summed E-state index contributed by atoms with van der Waals surface area (Å²) in [6.07, 6.45) is 1.78. The minimum Gasteiger partial charge on any atom is -0.496 e. The maximum Gasteiger partial charge on any atom is 0.251 e. The number of carbonyl (C=O) groups excluding carboxylic acids is 5. The quantitative estimate of drug-likeness (QED) is 0.261. The van der Waals surface area contributed by atoms with Crippen LogP contribution in [0.1, 0.15) is 47.7 Å². The Bertz CT molecular complexity index is 1820. The zero-order valence-electron chi connectivity index (χ0n) is 32.3. The third kappa shape index (κ3) is 12.2. The lowest BCUT2D eigenvalue weighted by Gasteiger charge is -2.30. The van der Waals surface area contributed by atoms with Crippen molar-refractivity contribution in [2.75, 3.05) is 66.7 Å². The average Bonchev–Trinajstić information content (AvgIpc) is 3.21. The van der Waals surface area contributed by atoms with Crippen molar-refractivity contribution < 1.29 is 42.9 Å². The molecule has 0 saturated carbocycles. The number of aryl methyl sites for hydroxylation is 1. The summed E-state index contributed by atoms with van der Waals surface area (Å²) in [4.78, 5) is 70.9. The van der Waals surface area contributed by atoms with Crippen molar-refractivity contribution >= 4 is 29.5 Å². The molecule has 0 unspecified atom stereocenters. The summed E-state index contributed by atoms with van der Waals surface area (Å²) < 4.78 is 22.7. The molecule has 0 aliphatic carbocycles. The molecule has 0 radical (unpaired) electrons. The highest BCUT2D eigenvalue weighted by molar-refractivity contribution is 5.95. The van der Waals surface area contributed by atoms with Gasteiger partial charge in [0, 0.05) is 49.9 Å². The molecular formula is C41H52N6O9. The van der Waals surface area contributed by atoms with Crippen LogP contribution in [0.5, 0.6) is 23.0 Å². The first-order chi connectivity index (χ1) is 27.1.